The number of likely N-dealkylation sites (tertiary alicyclic amines) is 1. The van der Waals surface area contributed by atoms with Crippen LogP contribution in [0, 0.1) is 5.92 Å². The number of imidazole rings is 1. The Morgan fingerprint density at radius 1 is 1.43 bits per heavy atom. The topological polar surface area (TPSA) is 38.1 Å². The number of aromatic nitrogens is 2. The minimum absolute atomic E-state index is 0.129. The van der Waals surface area contributed by atoms with Gasteiger partial charge in [-0.05, 0) is 36.3 Å². The first kappa shape index (κ1) is 14.1. The molecule has 3 rings (SSSR count). The molecule has 0 radical (unpaired) electrons. The van der Waals surface area contributed by atoms with E-state index in [1.165, 1.54) is 0 Å². The van der Waals surface area contributed by atoms with Crippen LogP contribution >= 0.6 is 11.3 Å². The molecule has 3 heterocycles. The third kappa shape index (κ3) is 3.82. The minimum atomic E-state index is 0.129. The van der Waals surface area contributed by atoms with Crippen LogP contribution in [0.2, 0.25) is 0 Å². The van der Waals surface area contributed by atoms with Gasteiger partial charge in [-0.25, -0.2) is 4.98 Å². The normalized spacial score (nSPS) is 16.7. The fourth-order valence-electron chi connectivity index (χ4n) is 2.67. The maximum absolute atomic E-state index is 12.1. The SMILES string of the molecule is O=C(/C=C/c1cccs1)N1CCC(Cn2ccnc2)CC1. The minimum Gasteiger partial charge on any atom is -0.339 e. The number of hydrogen-bond acceptors (Lipinski definition) is 3. The summed E-state index contributed by atoms with van der Waals surface area (Å²) < 4.78 is 2.12. The van der Waals surface area contributed by atoms with E-state index in [-0.39, 0.29) is 5.91 Å². The number of rotatable bonds is 4. The van der Waals surface area contributed by atoms with Crippen LogP contribution in [0.5, 0.6) is 0 Å². The molecule has 2 aromatic heterocycles. The molecule has 1 saturated heterocycles. The number of nitrogens with zero attached hydrogens (tertiary/aromatic N) is 3. The molecule has 110 valence electrons. The number of carbonyl (C=O) groups excluding carboxylic acids is 1. The van der Waals surface area contributed by atoms with E-state index in [1.54, 1.807) is 17.4 Å². The molecule has 2 aromatic rings. The van der Waals surface area contributed by atoms with E-state index in [0.717, 1.165) is 37.4 Å². The zero-order valence-corrected chi connectivity index (χ0v) is 12.7. The van der Waals surface area contributed by atoms with E-state index in [0.29, 0.717) is 5.92 Å². The molecule has 1 aliphatic rings. The van der Waals surface area contributed by atoms with Gasteiger partial charge in [0.1, 0.15) is 0 Å². The van der Waals surface area contributed by atoms with Crippen molar-refractivity contribution in [2.24, 2.45) is 5.92 Å². The average molecular weight is 301 g/mol. The lowest BCUT2D eigenvalue weighted by Crippen LogP contribution is -2.38. The molecular weight excluding hydrogens is 282 g/mol. The van der Waals surface area contributed by atoms with Gasteiger partial charge in [-0.3, -0.25) is 4.79 Å². The second-order valence-electron chi connectivity index (χ2n) is 5.38. The zero-order chi connectivity index (χ0) is 14.5. The number of carbonyl (C=O) groups is 1. The molecule has 21 heavy (non-hydrogen) atoms. The Hall–Kier alpha value is -1.88. The third-order valence-corrected chi connectivity index (χ3v) is 4.73. The Morgan fingerprint density at radius 2 is 2.29 bits per heavy atom. The van der Waals surface area contributed by atoms with Crippen molar-refractivity contribution in [3.8, 4) is 0 Å². The summed E-state index contributed by atoms with van der Waals surface area (Å²) in [5.74, 6) is 0.772. The van der Waals surface area contributed by atoms with Crippen molar-refractivity contribution in [1.82, 2.24) is 14.5 Å². The first-order valence-corrected chi connectivity index (χ1v) is 8.15. The lowest BCUT2D eigenvalue weighted by Gasteiger charge is -2.31. The molecule has 0 aromatic carbocycles. The molecule has 0 aliphatic carbocycles. The van der Waals surface area contributed by atoms with E-state index in [1.807, 2.05) is 47.2 Å². The van der Waals surface area contributed by atoms with E-state index in [4.69, 9.17) is 0 Å². The second kappa shape index (κ2) is 6.72. The first-order valence-electron chi connectivity index (χ1n) is 7.27. The molecule has 0 N–H and O–H groups in total. The molecule has 1 amide bonds. The highest BCUT2D eigenvalue weighted by atomic mass is 32.1. The van der Waals surface area contributed by atoms with Crippen LogP contribution in [0.25, 0.3) is 6.08 Å². The summed E-state index contributed by atoms with van der Waals surface area (Å²) in [5, 5.41) is 2.02. The smallest absolute Gasteiger partial charge is 0.246 e. The Balaban J connectivity index is 1.47. The summed E-state index contributed by atoms with van der Waals surface area (Å²) in [6.45, 7) is 2.72. The second-order valence-corrected chi connectivity index (χ2v) is 6.36. The highest BCUT2D eigenvalue weighted by Gasteiger charge is 2.21. The maximum Gasteiger partial charge on any atom is 0.246 e. The Labute approximate surface area is 128 Å². The van der Waals surface area contributed by atoms with Crippen molar-refractivity contribution in [2.45, 2.75) is 19.4 Å². The van der Waals surface area contributed by atoms with E-state index in [9.17, 15) is 4.79 Å². The summed E-state index contributed by atoms with van der Waals surface area (Å²) in [7, 11) is 0. The van der Waals surface area contributed by atoms with Gasteiger partial charge in [-0.2, -0.15) is 0 Å². The number of hydrogen-bond donors (Lipinski definition) is 0. The molecule has 0 bridgehead atoms. The van der Waals surface area contributed by atoms with Gasteiger partial charge in [0.25, 0.3) is 0 Å². The quantitative estimate of drug-likeness (QED) is 0.814. The summed E-state index contributed by atoms with van der Waals surface area (Å²) >= 11 is 1.65. The fourth-order valence-corrected chi connectivity index (χ4v) is 3.29. The molecule has 0 spiro atoms. The Kier molecular flexibility index (Phi) is 4.50. The van der Waals surface area contributed by atoms with Crippen LogP contribution in [-0.4, -0.2) is 33.4 Å². The predicted molar refractivity (Wildman–Crippen MR) is 84.9 cm³/mol. The monoisotopic (exact) mass is 301 g/mol. The third-order valence-electron chi connectivity index (χ3n) is 3.89. The van der Waals surface area contributed by atoms with Crippen molar-refractivity contribution in [3.05, 3.63) is 47.2 Å². The van der Waals surface area contributed by atoms with Gasteiger partial charge in [0, 0.05) is 43.0 Å². The van der Waals surface area contributed by atoms with Crippen molar-refractivity contribution >= 4 is 23.3 Å². The Bertz CT molecular complexity index is 581. The van der Waals surface area contributed by atoms with Gasteiger partial charge in [-0.1, -0.05) is 6.07 Å². The van der Waals surface area contributed by atoms with E-state index in [2.05, 4.69) is 9.55 Å². The van der Waals surface area contributed by atoms with Gasteiger partial charge in [-0.15, -0.1) is 11.3 Å². The van der Waals surface area contributed by atoms with Gasteiger partial charge < -0.3 is 9.47 Å². The van der Waals surface area contributed by atoms with Crippen LogP contribution in [-0.2, 0) is 11.3 Å². The molecule has 0 atom stereocenters. The molecule has 5 heteroatoms. The summed E-state index contributed by atoms with van der Waals surface area (Å²) in [6, 6.07) is 4.02. The lowest BCUT2D eigenvalue weighted by atomic mass is 9.96. The Morgan fingerprint density at radius 3 is 2.95 bits per heavy atom. The van der Waals surface area contributed by atoms with Crippen LogP contribution in [0.3, 0.4) is 0 Å². The fraction of sp³-hybridized carbons (Fsp3) is 0.375. The summed E-state index contributed by atoms with van der Waals surface area (Å²) in [6.07, 6.45) is 11.4. The van der Waals surface area contributed by atoms with Crippen molar-refractivity contribution in [1.29, 1.82) is 0 Å². The highest BCUT2D eigenvalue weighted by Crippen LogP contribution is 2.19. The maximum atomic E-state index is 12.1. The van der Waals surface area contributed by atoms with Crippen molar-refractivity contribution in [3.63, 3.8) is 0 Å². The average Bonchev–Trinajstić information content (AvgIpc) is 3.19. The van der Waals surface area contributed by atoms with E-state index < -0.39 is 0 Å². The van der Waals surface area contributed by atoms with E-state index >= 15 is 0 Å². The summed E-state index contributed by atoms with van der Waals surface area (Å²) in [4.78, 5) is 19.3. The van der Waals surface area contributed by atoms with Crippen LogP contribution in [0.1, 0.15) is 17.7 Å². The molecular formula is C16H19N3OS. The number of piperidine rings is 1. The van der Waals surface area contributed by atoms with Crippen molar-refractivity contribution in [2.75, 3.05) is 13.1 Å². The summed E-state index contributed by atoms with van der Waals surface area (Å²) in [5.41, 5.74) is 0. The van der Waals surface area contributed by atoms with Crippen LogP contribution in [0.15, 0.2) is 42.3 Å². The first-order chi connectivity index (χ1) is 10.3. The molecule has 0 unspecified atom stereocenters. The highest BCUT2D eigenvalue weighted by molar-refractivity contribution is 7.10. The largest absolute Gasteiger partial charge is 0.339 e. The zero-order valence-electron chi connectivity index (χ0n) is 11.9. The molecule has 1 aliphatic heterocycles. The lowest BCUT2D eigenvalue weighted by molar-refractivity contribution is -0.127. The van der Waals surface area contributed by atoms with Crippen LogP contribution < -0.4 is 0 Å². The van der Waals surface area contributed by atoms with Gasteiger partial charge in [0.15, 0.2) is 0 Å². The number of amides is 1. The van der Waals surface area contributed by atoms with Crippen molar-refractivity contribution < 1.29 is 4.79 Å². The van der Waals surface area contributed by atoms with Gasteiger partial charge >= 0.3 is 0 Å². The number of thiophene rings is 1. The molecule has 4 nitrogen and oxygen atoms in total. The molecule has 1 fully saturated rings. The van der Waals surface area contributed by atoms with Crippen LogP contribution in [0.4, 0.5) is 0 Å². The molecule has 0 saturated carbocycles. The van der Waals surface area contributed by atoms with Gasteiger partial charge in [0.05, 0.1) is 6.33 Å². The predicted octanol–water partition coefficient (Wildman–Crippen LogP) is 2.90. The standard InChI is InChI=1S/C16H19N3OS/c20-16(4-3-15-2-1-11-21-15)19-8-5-14(6-9-19)12-18-10-7-17-13-18/h1-4,7,10-11,13-14H,5-6,8-9,12H2/b4-3+. The van der Waals surface area contributed by atoms with Gasteiger partial charge in [0.2, 0.25) is 5.91 Å².